The predicted octanol–water partition coefficient (Wildman–Crippen LogP) is 8.18. The summed E-state index contributed by atoms with van der Waals surface area (Å²) in [6, 6.07) is 10.5. The van der Waals surface area contributed by atoms with Crippen LogP contribution < -0.4 is 21.3 Å². The van der Waals surface area contributed by atoms with Crippen LogP contribution in [0.15, 0.2) is 73.6 Å². The number of nitrogens with one attached hydrogen (secondary N) is 4. The molecular weight excluding hydrogens is 1130 g/mol. The summed E-state index contributed by atoms with van der Waals surface area (Å²) >= 11 is 11.3. The van der Waals surface area contributed by atoms with Gasteiger partial charge in [0, 0.05) is 71.5 Å². The highest BCUT2D eigenvalue weighted by Gasteiger charge is 2.44. The lowest BCUT2D eigenvalue weighted by Crippen LogP contribution is -2.51. The average Bonchev–Trinajstić information content (AvgIpc) is 3.35. The number of unbranched alkanes of at least 4 members (excludes halogenated alkanes) is 2. The number of nitrogens with zero attached hydrogens (tertiary/aromatic N) is 4. The number of sulfone groups is 2. The molecule has 2 aliphatic rings. The van der Waals surface area contributed by atoms with E-state index in [0.717, 1.165) is 63.7 Å². The summed E-state index contributed by atoms with van der Waals surface area (Å²) in [5.74, 6) is -3.45. The van der Waals surface area contributed by atoms with E-state index in [0.29, 0.717) is 59.5 Å². The highest BCUT2D eigenvalue weighted by molar-refractivity contribution is 7.90. The normalized spacial score (nSPS) is 15.5. The van der Waals surface area contributed by atoms with Crippen LogP contribution in [0.2, 0.25) is 0 Å². The Morgan fingerprint density at radius 3 is 1.32 bits per heavy atom. The van der Waals surface area contributed by atoms with E-state index in [1.807, 2.05) is 0 Å². The number of aliphatic carboxylic acids is 1. The number of amides is 2. The van der Waals surface area contributed by atoms with Crippen LogP contribution in [-0.4, -0.2) is 119 Å². The van der Waals surface area contributed by atoms with Crippen LogP contribution in [-0.2, 0) is 59.2 Å². The van der Waals surface area contributed by atoms with Crippen LogP contribution in [0.1, 0.15) is 120 Å². The topological polar surface area (TPSA) is 266 Å². The highest BCUT2D eigenvalue weighted by Crippen LogP contribution is 2.47. The van der Waals surface area contributed by atoms with Gasteiger partial charge in [-0.25, -0.2) is 46.4 Å². The molecule has 79 heavy (non-hydrogen) atoms. The van der Waals surface area contributed by atoms with Crippen molar-refractivity contribution in [2.45, 2.75) is 114 Å². The van der Waals surface area contributed by atoms with Gasteiger partial charge >= 0.3 is 24.3 Å². The van der Waals surface area contributed by atoms with E-state index in [2.05, 4.69) is 41.2 Å². The third kappa shape index (κ3) is 18.9. The molecule has 6 rings (SSSR count). The fraction of sp³-hybridized carbons (Fsp3) is 0.490. The molecule has 5 N–H and O–H groups in total. The fourth-order valence-corrected chi connectivity index (χ4v) is 11.3. The summed E-state index contributed by atoms with van der Waals surface area (Å²) in [5.41, 5.74) is -3.00. The summed E-state index contributed by atoms with van der Waals surface area (Å²) < 4.78 is 130. The molecule has 0 saturated heterocycles. The molecular formula is C51H60F6N8O10S4. The van der Waals surface area contributed by atoms with Crippen molar-refractivity contribution in [1.29, 1.82) is 0 Å². The lowest BCUT2D eigenvalue weighted by Gasteiger charge is -2.43. The maximum Gasteiger partial charge on any atom is 0.434 e. The van der Waals surface area contributed by atoms with E-state index >= 15 is 0 Å². The van der Waals surface area contributed by atoms with Crippen molar-refractivity contribution < 1.29 is 72.2 Å². The second kappa shape index (κ2) is 27.3. The third-order valence-corrected chi connectivity index (χ3v) is 16.7. The maximum absolute atomic E-state index is 13.2. The molecule has 430 valence electrons. The molecule has 2 amide bonds. The number of benzene rings is 2. The molecule has 0 radical (unpaired) electrons. The number of carboxylic acids is 1. The summed E-state index contributed by atoms with van der Waals surface area (Å²) in [7, 11) is -4.81. The first kappa shape index (κ1) is 63.6. The van der Waals surface area contributed by atoms with E-state index in [-0.39, 0.29) is 46.6 Å². The van der Waals surface area contributed by atoms with Crippen LogP contribution in [0.25, 0.3) is 0 Å². The number of carbonyl (C=O) groups is 4. The van der Waals surface area contributed by atoms with E-state index < -0.39 is 90.4 Å². The number of carbonyl (C=O) groups excluding carboxylic acids is 3. The van der Waals surface area contributed by atoms with Gasteiger partial charge in [-0.2, -0.15) is 26.3 Å². The van der Waals surface area contributed by atoms with Crippen LogP contribution in [0.3, 0.4) is 0 Å². The standard InChI is InChI=1S/C26H31F3N4O5S2.C25H29F3N4O5S2/c1-38-23(35)20(33-24(39)25(11-5-12-25)10-3-4-13-40(2,36)37)14-17-6-8-18(9-7-17)32-22(34)19-15-30-16-31-21(19)26(27,28)29;1-39(36,37)12-3-2-9-24(10-4-11-24)23(38)32-19(22(34)35)13-16-5-7-17(8-6-16)31-21(33)18-14-29-15-30-20(18)25(26,27)28/h6-9,15-16,20H,3-5,10-14H2,1-2H3,(H,32,34)(H,33,39);5-8,14-15,19H,2-4,9-13H2,1H3,(H,31,33)(H,32,38)(H,34,35). The van der Waals surface area contributed by atoms with Crippen molar-refractivity contribution in [2.75, 3.05) is 41.8 Å². The Labute approximate surface area is 464 Å². The van der Waals surface area contributed by atoms with Crippen molar-refractivity contribution in [2.24, 2.45) is 10.8 Å². The molecule has 0 aliphatic heterocycles. The molecule has 2 heterocycles. The molecule has 2 aromatic carbocycles. The lowest BCUT2D eigenvalue weighted by molar-refractivity contribution is -0.143. The first-order valence-corrected chi connectivity index (χ1v) is 29.7. The molecule has 2 atom stereocenters. The SMILES string of the molecule is COC(=O)C(Cc1ccc(NC(=O)c2cncnc2C(F)(F)F)cc1)NC(=S)C1(CCCCS(C)(=O)=O)CCC1.CS(=O)(=O)CCCCC1(C(=S)NC(Cc2ccc(NC(=O)c3cncnc3C(F)(F)F)cc2)C(=O)O)CCC1. The van der Waals surface area contributed by atoms with Crippen LogP contribution in [0, 0.1) is 10.8 Å². The molecule has 2 aromatic heterocycles. The van der Waals surface area contributed by atoms with E-state index in [1.54, 1.807) is 24.3 Å². The largest absolute Gasteiger partial charge is 0.480 e. The van der Waals surface area contributed by atoms with Crippen LogP contribution in [0.5, 0.6) is 0 Å². The minimum absolute atomic E-state index is 0.0681. The van der Waals surface area contributed by atoms with Gasteiger partial charge in [-0.3, -0.25) is 9.59 Å². The molecule has 2 saturated carbocycles. The minimum Gasteiger partial charge on any atom is -0.480 e. The van der Waals surface area contributed by atoms with Crippen LogP contribution >= 0.6 is 24.4 Å². The molecule has 2 unspecified atom stereocenters. The Balaban J connectivity index is 0.000000291. The number of methoxy groups -OCH3 is 1. The number of ether oxygens (including phenoxy) is 1. The molecule has 4 aromatic rings. The Morgan fingerprint density at radius 2 is 1.00 bits per heavy atom. The summed E-state index contributed by atoms with van der Waals surface area (Å²) in [5, 5.41) is 20.7. The molecule has 2 fully saturated rings. The number of hydrogen-bond donors (Lipinski definition) is 5. The first-order valence-electron chi connectivity index (χ1n) is 24.8. The summed E-state index contributed by atoms with van der Waals surface area (Å²) in [4.78, 5) is 63.8. The third-order valence-electron chi connectivity index (χ3n) is 13.6. The smallest absolute Gasteiger partial charge is 0.434 e. The van der Waals surface area contributed by atoms with Crippen LogP contribution in [0.4, 0.5) is 37.7 Å². The van der Waals surface area contributed by atoms with Gasteiger partial charge in [0.25, 0.3) is 11.8 Å². The van der Waals surface area contributed by atoms with Gasteiger partial charge in [0.05, 0.1) is 28.2 Å². The number of hydrogen-bond acceptors (Lipinski definition) is 15. The number of thiocarbonyl (C=S) groups is 2. The van der Waals surface area contributed by atoms with Gasteiger partial charge in [-0.05, 0) is 86.8 Å². The average molecular weight is 1190 g/mol. The quantitative estimate of drug-likeness (QED) is 0.0192. The molecule has 2 aliphatic carbocycles. The van der Waals surface area contributed by atoms with Crippen molar-refractivity contribution in [3.05, 3.63) is 107 Å². The van der Waals surface area contributed by atoms with Gasteiger partial charge in [-0.15, -0.1) is 0 Å². The lowest BCUT2D eigenvalue weighted by atomic mass is 9.65. The van der Waals surface area contributed by atoms with Gasteiger partial charge in [-0.1, -0.05) is 74.4 Å². The second-order valence-corrected chi connectivity index (χ2v) is 25.0. The zero-order chi connectivity index (χ0) is 58.4. The number of alkyl halides is 6. The molecule has 18 nitrogen and oxygen atoms in total. The zero-order valence-corrected chi connectivity index (χ0v) is 46.5. The van der Waals surface area contributed by atoms with Gasteiger partial charge in [0.2, 0.25) is 0 Å². The monoisotopic (exact) mass is 1190 g/mol. The predicted molar refractivity (Wildman–Crippen MR) is 289 cm³/mol. The Hall–Kier alpha value is -6.26. The second-order valence-electron chi connectivity index (χ2n) is 19.6. The number of carboxylic acid groups (broad SMARTS) is 1. The van der Waals surface area contributed by atoms with Gasteiger partial charge < -0.3 is 31.1 Å². The number of halogens is 6. The number of esters is 1. The van der Waals surface area contributed by atoms with E-state index in [4.69, 9.17) is 29.2 Å². The van der Waals surface area contributed by atoms with Crippen molar-refractivity contribution in [3.63, 3.8) is 0 Å². The van der Waals surface area contributed by atoms with Gasteiger partial charge in [0.15, 0.2) is 11.4 Å². The van der Waals surface area contributed by atoms with E-state index in [1.165, 1.54) is 43.9 Å². The molecule has 0 bridgehead atoms. The number of anilines is 2. The summed E-state index contributed by atoms with van der Waals surface area (Å²) in [6.45, 7) is 0. The van der Waals surface area contributed by atoms with Crippen molar-refractivity contribution in [1.82, 2.24) is 30.6 Å². The van der Waals surface area contributed by atoms with Crippen molar-refractivity contribution in [3.8, 4) is 0 Å². The number of rotatable bonds is 24. The van der Waals surface area contributed by atoms with Crippen molar-refractivity contribution >= 4 is 89.2 Å². The van der Waals surface area contributed by atoms with E-state index in [9.17, 15) is 67.5 Å². The Kier molecular flexibility index (Phi) is 21.9. The fourth-order valence-electron chi connectivity index (χ4n) is 8.96. The van der Waals surface area contributed by atoms with Gasteiger partial charge in [0.1, 0.15) is 44.4 Å². The maximum atomic E-state index is 13.2. The molecule has 0 spiro atoms. The summed E-state index contributed by atoms with van der Waals surface area (Å²) in [6.07, 6.45) is 5.13. The first-order chi connectivity index (χ1) is 36.9. The Bertz CT molecular complexity index is 3050. The highest BCUT2D eigenvalue weighted by atomic mass is 32.2. The number of aromatic nitrogens is 4. The minimum atomic E-state index is -4.83. The Morgan fingerprint density at radius 1 is 0.633 bits per heavy atom. The molecule has 28 heteroatoms. The zero-order valence-electron chi connectivity index (χ0n) is 43.2.